The molecule has 2 N–H and O–H groups in total. The van der Waals surface area contributed by atoms with Gasteiger partial charge in [-0.05, 0) is 32.0 Å². The molecule has 2 heterocycles. The van der Waals surface area contributed by atoms with Crippen molar-refractivity contribution in [3.05, 3.63) is 41.5 Å². The first-order chi connectivity index (χ1) is 12.6. The lowest BCUT2D eigenvalue weighted by Gasteiger charge is -2.34. The third-order valence-corrected chi connectivity index (χ3v) is 4.42. The molecule has 1 amide bonds. The molecule has 156 valence electrons. The molecule has 1 aromatic carbocycles. The van der Waals surface area contributed by atoms with E-state index in [4.69, 9.17) is 15.0 Å². The van der Waals surface area contributed by atoms with E-state index in [1.165, 1.54) is 0 Å². The van der Waals surface area contributed by atoms with Gasteiger partial charge in [0.05, 0.1) is 6.54 Å². The first kappa shape index (κ1) is 24.2. The summed E-state index contributed by atoms with van der Waals surface area (Å²) in [5.74, 6) is 1.15. The summed E-state index contributed by atoms with van der Waals surface area (Å²) in [5.41, 5.74) is 6.99. The van der Waals surface area contributed by atoms with Crippen LogP contribution in [0.15, 0.2) is 28.8 Å². The monoisotopic (exact) mass is 431 g/mol. The maximum absolute atomic E-state index is 12.6. The molecule has 10 heteroatoms. The summed E-state index contributed by atoms with van der Waals surface area (Å²) in [5, 5.41) is 3.98. The standard InChI is InChI=1S/C18H25N5O3.2ClH/c1-3-25-13(2)17-20-16(26-21-17)12-22-7-9-23(10-8-22)18(24)14-5-4-6-15(19)11-14;;/h4-6,11,13H,3,7-10,12,19H2,1-2H3;2*1H. The number of nitrogens with zero attached hydrogens (tertiary/aromatic N) is 4. The van der Waals surface area contributed by atoms with Crippen molar-refractivity contribution < 1.29 is 14.1 Å². The molecule has 2 aromatic rings. The van der Waals surface area contributed by atoms with E-state index in [9.17, 15) is 4.79 Å². The average molecular weight is 432 g/mol. The molecule has 1 aromatic heterocycles. The molecule has 3 rings (SSSR count). The Bertz CT molecular complexity index is 750. The molecule has 1 saturated heterocycles. The number of carbonyl (C=O) groups is 1. The Labute approximate surface area is 177 Å². The summed E-state index contributed by atoms with van der Waals surface area (Å²) in [6.07, 6.45) is -0.176. The number of nitrogen functional groups attached to an aromatic ring is 1. The number of rotatable bonds is 6. The number of aromatic nitrogens is 2. The largest absolute Gasteiger partial charge is 0.399 e. The molecule has 0 radical (unpaired) electrons. The molecule has 1 atom stereocenters. The van der Waals surface area contributed by atoms with Crippen LogP contribution in [-0.4, -0.2) is 58.6 Å². The Hall–Kier alpha value is -1.87. The fourth-order valence-corrected chi connectivity index (χ4v) is 2.98. The summed E-state index contributed by atoms with van der Waals surface area (Å²) in [6, 6.07) is 7.09. The SMILES string of the molecule is CCOC(C)c1noc(CN2CCN(C(=O)c3cccc(N)c3)CC2)n1.Cl.Cl. The van der Waals surface area contributed by atoms with E-state index in [0.29, 0.717) is 49.2 Å². The van der Waals surface area contributed by atoms with Crippen LogP contribution in [0, 0.1) is 0 Å². The molecule has 1 fully saturated rings. The van der Waals surface area contributed by atoms with Crippen molar-refractivity contribution in [3.8, 4) is 0 Å². The molecule has 0 bridgehead atoms. The van der Waals surface area contributed by atoms with Crippen molar-refractivity contribution in [2.24, 2.45) is 0 Å². The predicted octanol–water partition coefficient (Wildman–Crippen LogP) is 2.55. The lowest BCUT2D eigenvalue weighted by Crippen LogP contribution is -2.48. The molecular formula is C18H27Cl2N5O3. The van der Waals surface area contributed by atoms with E-state index in [1.807, 2.05) is 18.7 Å². The Morgan fingerprint density at radius 1 is 1.29 bits per heavy atom. The number of hydrogen-bond acceptors (Lipinski definition) is 7. The topological polar surface area (TPSA) is 97.7 Å². The van der Waals surface area contributed by atoms with Gasteiger partial charge in [-0.15, -0.1) is 24.8 Å². The van der Waals surface area contributed by atoms with Gasteiger partial charge in [-0.2, -0.15) is 4.98 Å². The van der Waals surface area contributed by atoms with Crippen LogP contribution in [0.3, 0.4) is 0 Å². The normalized spacial score (nSPS) is 15.4. The second kappa shape index (κ2) is 11.2. The quantitative estimate of drug-likeness (QED) is 0.701. The van der Waals surface area contributed by atoms with Gasteiger partial charge in [-0.25, -0.2) is 0 Å². The maximum atomic E-state index is 12.6. The number of halogens is 2. The minimum Gasteiger partial charge on any atom is -0.399 e. The average Bonchev–Trinajstić information content (AvgIpc) is 3.11. The van der Waals surface area contributed by atoms with Crippen LogP contribution in [-0.2, 0) is 11.3 Å². The highest BCUT2D eigenvalue weighted by Crippen LogP contribution is 2.15. The fraction of sp³-hybridized carbons (Fsp3) is 0.500. The van der Waals surface area contributed by atoms with Crippen molar-refractivity contribution in [2.45, 2.75) is 26.5 Å². The highest BCUT2D eigenvalue weighted by molar-refractivity contribution is 5.95. The number of amides is 1. The number of benzene rings is 1. The molecule has 1 unspecified atom stereocenters. The van der Waals surface area contributed by atoms with Crippen molar-refractivity contribution >= 4 is 36.4 Å². The molecule has 1 aliphatic heterocycles. The van der Waals surface area contributed by atoms with E-state index >= 15 is 0 Å². The molecule has 0 aliphatic carbocycles. The van der Waals surface area contributed by atoms with Gasteiger partial charge in [0.25, 0.3) is 5.91 Å². The lowest BCUT2D eigenvalue weighted by molar-refractivity contribution is 0.0615. The van der Waals surface area contributed by atoms with E-state index in [0.717, 1.165) is 13.1 Å². The first-order valence-corrected chi connectivity index (χ1v) is 8.88. The molecular weight excluding hydrogens is 405 g/mol. The lowest BCUT2D eigenvalue weighted by atomic mass is 10.1. The molecule has 0 spiro atoms. The molecule has 8 nitrogen and oxygen atoms in total. The third-order valence-electron chi connectivity index (χ3n) is 4.42. The predicted molar refractivity (Wildman–Crippen MR) is 111 cm³/mol. The zero-order valence-electron chi connectivity index (χ0n) is 16.0. The van der Waals surface area contributed by atoms with E-state index < -0.39 is 0 Å². The summed E-state index contributed by atoms with van der Waals surface area (Å²) in [6.45, 7) is 7.84. The minimum atomic E-state index is -0.176. The van der Waals surface area contributed by atoms with Crippen molar-refractivity contribution in [3.63, 3.8) is 0 Å². The highest BCUT2D eigenvalue weighted by Gasteiger charge is 2.24. The van der Waals surface area contributed by atoms with Gasteiger partial charge in [0, 0.05) is 44.0 Å². The minimum absolute atomic E-state index is 0. The Kier molecular flexibility index (Phi) is 9.68. The van der Waals surface area contributed by atoms with Gasteiger partial charge >= 0.3 is 0 Å². The van der Waals surface area contributed by atoms with Crippen LogP contribution in [0.4, 0.5) is 5.69 Å². The summed E-state index contributed by atoms with van der Waals surface area (Å²) in [7, 11) is 0. The van der Waals surface area contributed by atoms with E-state index in [2.05, 4.69) is 15.0 Å². The summed E-state index contributed by atoms with van der Waals surface area (Å²) >= 11 is 0. The zero-order valence-corrected chi connectivity index (χ0v) is 17.7. The van der Waals surface area contributed by atoms with Gasteiger partial charge in [0.15, 0.2) is 5.82 Å². The maximum Gasteiger partial charge on any atom is 0.254 e. The molecule has 28 heavy (non-hydrogen) atoms. The second-order valence-corrected chi connectivity index (χ2v) is 6.34. The number of nitrogens with two attached hydrogens (primary N) is 1. The second-order valence-electron chi connectivity index (χ2n) is 6.34. The van der Waals surface area contributed by atoms with Crippen LogP contribution >= 0.6 is 24.8 Å². The van der Waals surface area contributed by atoms with Crippen LogP contribution in [0.5, 0.6) is 0 Å². The van der Waals surface area contributed by atoms with Crippen molar-refractivity contribution in [1.29, 1.82) is 0 Å². The smallest absolute Gasteiger partial charge is 0.254 e. The highest BCUT2D eigenvalue weighted by atomic mass is 35.5. The van der Waals surface area contributed by atoms with Crippen LogP contribution in [0.25, 0.3) is 0 Å². The van der Waals surface area contributed by atoms with Crippen LogP contribution < -0.4 is 5.73 Å². The number of anilines is 1. The Balaban J connectivity index is 0.00000196. The van der Waals surface area contributed by atoms with Crippen LogP contribution in [0.2, 0.25) is 0 Å². The number of ether oxygens (including phenoxy) is 1. The van der Waals surface area contributed by atoms with Crippen LogP contribution in [0.1, 0.15) is 42.0 Å². The summed E-state index contributed by atoms with van der Waals surface area (Å²) < 4.78 is 10.8. The van der Waals surface area contributed by atoms with Crippen molar-refractivity contribution in [1.82, 2.24) is 19.9 Å². The fourth-order valence-electron chi connectivity index (χ4n) is 2.98. The Morgan fingerprint density at radius 2 is 2.00 bits per heavy atom. The zero-order chi connectivity index (χ0) is 18.5. The molecule has 0 saturated carbocycles. The van der Waals surface area contributed by atoms with Crippen molar-refractivity contribution in [2.75, 3.05) is 38.5 Å². The number of carbonyl (C=O) groups excluding carboxylic acids is 1. The molecule has 1 aliphatic rings. The third kappa shape index (κ3) is 6.07. The van der Waals surface area contributed by atoms with E-state index in [1.54, 1.807) is 24.3 Å². The van der Waals surface area contributed by atoms with Gasteiger partial charge in [-0.3, -0.25) is 9.69 Å². The van der Waals surface area contributed by atoms with Gasteiger partial charge < -0.3 is 19.9 Å². The van der Waals surface area contributed by atoms with Gasteiger partial charge in [-0.1, -0.05) is 11.2 Å². The summed E-state index contributed by atoms with van der Waals surface area (Å²) in [4.78, 5) is 21.0. The van der Waals surface area contributed by atoms with Gasteiger partial charge in [0.1, 0.15) is 6.10 Å². The van der Waals surface area contributed by atoms with E-state index in [-0.39, 0.29) is 36.8 Å². The number of hydrogen-bond donors (Lipinski definition) is 1. The number of piperazine rings is 1. The Morgan fingerprint density at radius 3 is 2.64 bits per heavy atom. The van der Waals surface area contributed by atoms with Gasteiger partial charge in [0.2, 0.25) is 5.89 Å². The first-order valence-electron chi connectivity index (χ1n) is 8.88.